The summed E-state index contributed by atoms with van der Waals surface area (Å²) < 4.78 is 5.56. The second-order valence-corrected chi connectivity index (χ2v) is 5.01. The number of hydrogen-bond donors (Lipinski definition) is 1. The van der Waals surface area contributed by atoms with Crippen molar-refractivity contribution in [3.8, 4) is 11.5 Å². The molecule has 20 heavy (non-hydrogen) atoms. The van der Waals surface area contributed by atoms with Crippen molar-refractivity contribution in [2.45, 2.75) is 0 Å². The lowest BCUT2D eigenvalue weighted by molar-refractivity contribution is 0.0699. The van der Waals surface area contributed by atoms with Crippen LogP contribution in [0.2, 0.25) is 10.0 Å². The largest absolute Gasteiger partial charge is 0.478 e. The van der Waals surface area contributed by atoms with Gasteiger partial charge < -0.3 is 9.52 Å². The minimum absolute atomic E-state index is 0.0885. The van der Waals surface area contributed by atoms with Gasteiger partial charge in [0, 0.05) is 15.6 Å². The summed E-state index contributed by atoms with van der Waals surface area (Å²) in [5.41, 5.74) is 1.38. The first-order valence-electron chi connectivity index (χ1n) is 5.64. The minimum atomic E-state index is -1.06. The lowest BCUT2D eigenvalue weighted by Gasteiger charge is -1.97. The van der Waals surface area contributed by atoms with Crippen molar-refractivity contribution in [3.05, 3.63) is 52.0 Å². The topological polar surface area (TPSA) is 63.3 Å². The van der Waals surface area contributed by atoms with Crippen molar-refractivity contribution in [1.29, 1.82) is 0 Å². The summed E-state index contributed by atoms with van der Waals surface area (Å²) in [7, 11) is 0. The lowest BCUT2D eigenvalue weighted by Crippen LogP contribution is -1.96. The third-order valence-corrected chi connectivity index (χ3v) is 3.20. The van der Waals surface area contributed by atoms with Crippen LogP contribution in [0.1, 0.15) is 10.4 Å². The van der Waals surface area contributed by atoms with Crippen LogP contribution in [0, 0.1) is 0 Å². The Morgan fingerprint density at radius 1 is 1.15 bits per heavy atom. The van der Waals surface area contributed by atoms with Gasteiger partial charge in [0.2, 0.25) is 5.89 Å². The van der Waals surface area contributed by atoms with Gasteiger partial charge in [-0.25, -0.2) is 9.78 Å². The maximum absolute atomic E-state index is 11.1. The van der Waals surface area contributed by atoms with Gasteiger partial charge in [0.15, 0.2) is 5.58 Å². The van der Waals surface area contributed by atoms with Crippen LogP contribution in [0.15, 0.2) is 40.8 Å². The van der Waals surface area contributed by atoms with E-state index in [1.807, 2.05) is 0 Å². The fraction of sp³-hybridized carbons (Fsp3) is 0. The van der Waals surface area contributed by atoms with E-state index in [1.54, 1.807) is 30.3 Å². The number of hydrogen-bond acceptors (Lipinski definition) is 3. The van der Waals surface area contributed by atoms with E-state index in [9.17, 15) is 4.79 Å². The van der Waals surface area contributed by atoms with E-state index in [1.165, 1.54) is 6.07 Å². The Balaban J connectivity index is 2.23. The zero-order chi connectivity index (χ0) is 14.3. The first kappa shape index (κ1) is 13.0. The number of carboxylic acid groups (broad SMARTS) is 1. The molecule has 0 fully saturated rings. The summed E-state index contributed by atoms with van der Waals surface area (Å²) in [5, 5.41) is 10.0. The van der Waals surface area contributed by atoms with Crippen LogP contribution in [0.25, 0.3) is 22.6 Å². The standard InChI is InChI=1S/C14H7Cl2NO3/c15-8-4-7(5-9(16)6-8)13-17-12-10(14(18)19)2-1-3-11(12)20-13/h1-6H,(H,18,19). The highest BCUT2D eigenvalue weighted by Crippen LogP contribution is 2.30. The van der Waals surface area contributed by atoms with Crippen LogP contribution < -0.4 is 0 Å². The highest BCUT2D eigenvalue weighted by molar-refractivity contribution is 6.35. The molecule has 6 heteroatoms. The first-order chi connectivity index (χ1) is 9.54. The second kappa shape index (κ2) is 4.81. The third-order valence-electron chi connectivity index (χ3n) is 2.76. The Morgan fingerprint density at radius 3 is 2.50 bits per heavy atom. The van der Waals surface area contributed by atoms with Crippen molar-refractivity contribution in [3.63, 3.8) is 0 Å². The normalized spacial score (nSPS) is 10.9. The number of para-hydroxylation sites is 1. The molecule has 1 N–H and O–H groups in total. The zero-order valence-electron chi connectivity index (χ0n) is 9.93. The highest BCUT2D eigenvalue weighted by atomic mass is 35.5. The van der Waals surface area contributed by atoms with E-state index in [2.05, 4.69) is 4.98 Å². The predicted molar refractivity (Wildman–Crippen MR) is 76.4 cm³/mol. The van der Waals surface area contributed by atoms with Gasteiger partial charge in [0.1, 0.15) is 5.52 Å². The number of rotatable bonds is 2. The molecule has 0 amide bonds. The van der Waals surface area contributed by atoms with Crippen molar-refractivity contribution in [1.82, 2.24) is 4.98 Å². The summed E-state index contributed by atoms with van der Waals surface area (Å²) >= 11 is 11.9. The number of oxazole rings is 1. The maximum atomic E-state index is 11.1. The Bertz CT molecular complexity index is 806. The number of carbonyl (C=O) groups is 1. The zero-order valence-corrected chi connectivity index (χ0v) is 11.4. The molecule has 0 aliphatic rings. The number of fused-ring (bicyclic) bond motifs is 1. The molecule has 0 saturated heterocycles. The average Bonchev–Trinajstić information content (AvgIpc) is 2.80. The Morgan fingerprint density at radius 2 is 1.85 bits per heavy atom. The molecule has 1 heterocycles. The monoisotopic (exact) mass is 307 g/mol. The van der Waals surface area contributed by atoms with Crippen LogP contribution in [-0.2, 0) is 0 Å². The molecule has 0 aliphatic heterocycles. The molecule has 4 nitrogen and oxygen atoms in total. The molecular formula is C14H7Cl2NO3. The summed E-state index contributed by atoms with van der Waals surface area (Å²) in [6, 6.07) is 9.63. The molecule has 0 spiro atoms. The van der Waals surface area contributed by atoms with Gasteiger partial charge in [-0.2, -0.15) is 0 Å². The van der Waals surface area contributed by atoms with Crippen molar-refractivity contribution in [2.24, 2.45) is 0 Å². The van der Waals surface area contributed by atoms with Crippen molar-refractivity contribution < 1.29 is 14.3 Å². The number of nitrogens with zero attached hydrogens (tertiary/aromatic N) is 1. The molecule has 0 radical (unpaired) electrons. The van der Waals surface area contributed by atoms with Crippen molar-refractivity contribution in [2.75, 3.05) is 0 Å². The van der Waals surface area contributed by atoms with Crippen LogP contribution in [0.3, 0.4) is 0 Å². The molecular weight excluding hydrogens is 301 g/mol. The van der Waals surface area contributed by atoms with E-state index in [-0.39, 0.29) is 11.5 Å². The molecule has 0 atom stereocenters. The van der Waals surface area contributed by atoms with E-state index < -0.39 is 5.97 Å². The highest BCUT2D eigenvalue weighted by Gasteiger charge is 2.15. The molecule has 1 aromatic heterocycles. The van der Waals surface area contributed by atoms with Crippen molar-refractivity contribution >= 4 is 40.3 Å². The Hall–Kier alpha value is -2.04. The number of aromatic nitrogens is 1. The SMILES string of the molecule is O=C(O)c1cccc2oc(-c3cc(Cl)cc(Cl)c3)nc12. The smallest absolute Gasteiger partial charge is 0.338 e. The van der Waals surface area contributed by atoms with Crippen LogP contribution in [-0.4, -0.2) is 16.1 Å². The fourth-order valence-electron chi connectivity index (χ4n) is 1.92. The number of benzene rings is 2. The fourth-order valence-corrected chi connectivity index (χ4v) is 2.45. The molecule has 0 unspecified atom stereocenters. The van der Waals surface area contributed by atoms with Gasteiger partial charge in [-0.3, -0.25) is 0 Å². The second-order valence-electron chi connectivity index (χ2n) is 4.13. The molecule has 3 aromatic rings. The van der Waals surface area contributed by atoms with Gasteiger partial charge in [-0.05, 0) is 30.3 Å². The van der Waals surface area contributed by atoms with Crippen LogP contribution in [0.5, 0.6) is 0 Å². The van der Waals surface area contributed by atoms with E-state index in [0.29, 0.717) is 26.7 Å². The quantitative estimate of drug-likeness (QED) is 0.757. The van der Waals surface area contributed by atoms with Gasteiger partial charge in [0.05, 0.1) is 5.56 Å². The Labute approximate surface area is 123 Å². The predicted octanol–water partition coefficient (Wildman–Crippen LogP) is 4.50. The summed E-state index contributed by atoms with van der Waals surface area (Å²) in [5.74, 6) is -0.780. The number of carboxylic acids is 1. The van der Waals surface area contributed by atoms with E-state index in [0.717, 1.165) is 0 Å². The minimum Gasteiger partial charge on any atom is -0.478 e. The van der Waals surface area contributed by atoms with Gasteiger partial charge in [-0.1, -0.05) is 29.3 Å². The van der Waals surface area contributed by atoms with E-state index >= 15 is 0 Å². The number of aromatic carboxylic acids is 1. The average molecular weight is 308 g/mol. The number of halogens is 2. The van der Waals surface area contributed by atoms with Gasteiger partial charge in [-0.15, -0.1) is 0 Å². The molecule has 0 saturated carbocycles. The van der Waals surface area contributed by atoms with Crippen LogP contribution >= 0.6 is 23.2 Å². The summed E-state index contributed by atoms with van der Waals surface area (Å²) in [6.07, 6.45) is 0. The first-order valence-corrected chi connectivity index (χ1v) is 6.39. The molecule has 100 valence electrons. The van der Waals surface area contributed by atoms with Crippen LogP contribution in [0.4, 0.5) is 0 Å². The molecule has 2 aromatic carbocycles. The summed E-state index contributed by atoms with van der Waals surface area (Å²) in [4.78, 5) is 15.4. The van der Waals surface area contributed by atoms with E-state index in [4.69, 9.17) is 32.7 Å². The van der Waals surface area contributed by atoms with Gasteiger partial charge >= 0.3 is 5.97 Å². The Kier molecular flexibility index (Phi) is 3.12. The molecule has 0 aliphatic carbocycles. The lowest BCUT2D eigenvalue weighted by atomic mass is 10.2. The molecule has 3 rings (SSSR count). The summed E-state index contributed by atoms with van der Waals surface area (Å²) in [6.45, 7) is 0. The third kappa shape index (κ3) is 2.24. The molecule has 0 bridgehead atoms. The maximum Gasteiger partial charge on any atom is 0.338 e. The van der Waals surface area contributed by atoms with Gasteiger partial charge in [0.25, 0.3) is 0 Å².